The number of amides is 1. The highest BCUT2D eigenvalue weighted by Gasteiger charge is 2.30. The second kappa shape index (κ2) is 7.77. The number of hydrogen-bond acceptors (Lipinski definition) is 6. The van der Waals surface area contributed by atoms with Crippen LogP contribution in [0.2, 0.25) is 0 Å². The molecule has 1 aromatic carbocycles. The molecule has 0 aliphatic rings. The van der Waals surface area contributed by atoms with Crippen molar-refractivity contribution >= 4 is 22.6 Å². The van der Waals surface area contributed by atoms with E-state index >= 15 is 0 Å². The highest BCUT2D eigenvalue weighted by Crippen LogP contribution is 2.32. The fourth-order valence-electron chi connectivity index (χ4n) is 2.67. The van der Waals surface area contributed by atoms with Crippen LogP contribution in [0.4, 0.5) is 19.0 Å². The normalized spacial score (nSPS) is 12.3. The lowest BCUT2D eigenvalue weighted by Gasteiger charge is -2.18. The van der Waals surface area contributed by atoms with Crippen LogP contribution in [0.5, 0.6) is 0 Å². The largest absolute Gasteiger partial charge is 0.416 e. The molecule has 0 fully saturated rings. The number of benzene rings is 1. The third-order valence-corrected chi connectivity index (χ3v) is 4.01. The summed E-state index contributed by atoms with van der Waals surface area (Å²) in [5.74, 6) is 0.136. The summed E-state index contributed by atoms with van der Waals surface area (Å²) in [5.41, 5.74) is 5.52. The Morgan fingerprint density at radius 3 is 2.57 bits per heavy atom. The highest BCUT2D eigenvalue weighted by molar-refractivity contribution is 5.97. The topological polar surface area (TPSA) is 129 Å². The Labute approximate surface area is 158 Å². The summed E-state index contributed by atoms with van der Waals surface area (Å²) >= 11 is 0. The lowest BCUT2D eigenvalue weighted by Crippen LogP contribution is -2.14. The Kier molecular flexibility index (Phi) is 5.84. The fourth-order valence-corrected chi connectivity index (χ4v) is 2.67. The first kappa shape index (κ1) is 21.0. The number of hydrogen-bond donors (Lipinski definition) is 3. The first-order valence-corrected chi connectivity index (χ1v) is 8.03. The summed E-state index contributed by atoms with van der Waals surface area (Å²) in [5, 5.41) is 3.59. The SMILES string of the molecule is Cc1nc(N[C@H](C)c2cccc(C(F)(F)F)c2)c2cc(C(N)=O)ncc2n1.N. The molecule has 1 atom stereocenters. The van der Waals surface area contributed by atoms with Gasteiger partial charge in [-0.05, 0) is 37.6 Å². The number of fused-ring (bicyclic) bond motifs is 1. The van der Waals surface area contributed by atoms with Crippen molar-refractivity contribution in [2.24, 2.45) is 5.73 Å². The molecule has 1 amide bonds. The molecule has 28 heavy (non-hydrogen) atoms. The van der Waals surface area contributed by atoms with E-state index in [0.29, 0.717) is 28.1 Å². The lowest BCUT2D eigenvalue weighted by atomic mass is 10.0. The maximum atomic E-state index is 12.9. The summed E-state index contributed by atoms with van der Waals surface area (Å²) in [7, 11) is 0. The van der Waals surface area contributed by atoms with E-state index in [-0.39, 0.29) is 11.8 Å². The van der Waals surface area contributed by atoms with Crippen LogP contribution in [0.25, 0.3) is 10.9 Å². The van der Waals surface area contributed by atoms with Gasteiger partial charge in [-0.3, -0.25) is 4.79 Å². The van der Waals surface area contributed by atoms with Gasteiger partial charge in [-0.2, -0.15) is 13.2 Å². The van der Waals surface area contributed by atoms with Crippen LogP contribution < -0.4 is 17.2 Å². The molecule has 0 bridgehead atoms. The minimum Gasteiger partial charge on any atom is -0.364 e. The maximum absolute atomic E-state index is 12.9. The smallest absolute Gasteiger partial charge is 0.364 e. The van der Waals surface area contributed by atoms with Gasteiger partial charge in [0.05, 0.1) is 17.3 Å². The number of carbonyl (C=O) groups excluding carboxylic acids is 1. The third kappa shape index (κ3) is 4.34. The molecule has 2 aromatic heterocycles. The van der Waals surface area contributed by atoms with Crippen LogP contribution in [0.15, 0.2) is 36.5 Å². The van der Waals surface area contributed by atoms with E-state index in [0.717, 1.165) is 12.1 Å². The van der Waals surface area contributed by atoms with Crippen molar-refractivity contribution < 1.29 is 18.0 Å². The number of nitrogens with two attached hydrogens (primary N) is 1. The number of primary amides is 1. The number of carbonyl (C=O) groups is 1. The lowest BCUT2D eigenvalue weighted by molar-refractivity contribution is -0.137. The number of rotatable bonds is 4. The van der Waals surface area contributed by atoms with Crippen molar-refractivity contribution in [2.75, 3.05) is 5.32 Å². The molecule has 2 heterocycles. The minimum atomic E-state index is -4.42. The standard InChI is InChI=1S/C18H16F3N5O.H3N/c1-9(11-4-3-5-12(6-11)18(19,20)21)24-17-13-7-14(16(22)27)23-8-15(13)25-10(2)26-17;/h3-9H,1-2H3,(H2,22,27)(H,24,25,26);1H3/t9-;/m1./s1. The predicted molar refractivity (Wildman–Crippen MR) is 99.1 cm³/mol. The van der Waals surface area contributed by atoms with Crippen LogP contribution in [0.1, 0.15) is 40.4 Å². The summed E-state index contributed by atoms with van der Waals surface area (Å²) in [6, 6.07) is 6.04. The molecule has 0 aliphatic carbocycles. The number of anilines is 1. The molecule has 148 valence electrons. The second-order valence-electron chi connectivity index (χ2n) is 6.06. The molecule has 6 N–H and O–H groups in total. The van der Waals surface area contributed by atoms with Crippen molar-refractivity contribution in [3.63, 3.8) is 0 Å². The summed E-state index contributed by atoms with van der Waals surface area (Å²) < 4.78 is 38.8. The Morgan fingerprint density at radius 1 is 1.21 bits per heavy atom. The van der Waals surface area contributed by atoms with E-state index < -0.39 is 23.7 Å². The zero-order valence-corrected chi connectivity index (χ0v) is 15.2. The molecule has 3 aromatic rings. The number of pyridine rings is 1. The zero-order valence-electron chi connectivity index (χ0n) is 15.2. The van der Waals surface area contributed by atoms with E-state index in [1.807, 2.05) is 0 Å². The van der Waals surface area contributed by atoms with Gasteiger partial charge >= 0.3 is 6.18 Å². The monoisotopic (exact) mass is 392 g/mol. The number of aromatic nitrogens is 3. The van der Waals surface area contributed by atoms with Gasteiger partial charge in [-0.1, -0.05) is 12.1 Å². The maximum Gasteiger partial charge on any atom is 0.416 e. The van der Waals surface area contributed by atoms with Crippen molar-refractivity contribution in [1.29, 1.82) is 0 Å². The van der Waals surface area contributed by atoms with Gasteiger partial charge in [0, 0.05) is 11.4 Å². The second-order valence-corrected chi connectivity index (χ2v) is 6.06. The number of halogens is 3. The molecule has 0 unspecified atom stereocenters. The molecular weight excluding hydrogens is 373 g/mol. The highest BCUT2D eigenvalue weighted by atomic mass is 19.4. The molecule has 7 nitrogen and oxygen atoms in total. The van der Waals surface area contributed by atoms with Gasteiger partial charge in [0.25, 0.3) is 5.91 Å². The van der Waals surface area contributed by atoms with Crippen molar-refractivity contribution in [1.82, 2.24) is 21.1 Å². The van der Waals surface area contributed by atoms with E-state index in [4.69, 9.17) is 5.73 Å². The molecule has 0 aliphatic heterocycles. The fraction of sp³-hybridized carbons (Fsp3) is 0.222. The van der Waals surface area contributed by atoms with E-state index in [1.165, 1.54) is 18.3 Å². The summed E-state index contributed by atoms with van der Waals surface area (Å²) in [6.07, 6.45) is -3.01. The van der Waals surface area contributed by atoms with Gasteiger partial charge in [0.15, 0.2) is 0 Å². The predicted octanol–water partition coefficient (Wildman–Crippen LogP) is 3.79. The van der Waals surface area contributed by atoms with Crippen LogP contribution in [0, 0.1) is 6.92 Å². The van der Waals surface area contributed by atoms with Gasteiger partial charge in [0.2, 0.25) is 0 Å². The number of nitrogens with one attached hydrogen (secondary N) is 1. The van der Waals surface area contributed by atoms with Crippen LogP contribution in [0.3, 0.4) is 0 Å². The van der Waals surface area contributed by atoms with Crippen molar-refractivity contribution in [3.8, 4) is 0 Å². The summed E-state index contributed by atoms with van der Waals surface area (Å²) in [6.45, 7) is 3.40. The number of aryl methyl sites for hydroxylation is 1. The van der Waals surface area contributed by atoms with Crippen LogP contribution in [-0.4, -0.2) is 20.9 Å². The zero-order chi connectivity index (χ0) is 19.8. The molecule has 0 radical (unpaired) electrons. The van der Waals surface area contributed by atoms with Crippen molar-refractivity contribution in [2.45, 2.75) is 26.1 Å². The quantitative estimate of drug-likeness (QED) is 0.620. The number of alkyl halides is 3. The Balaban J connectivity index is 0.00000280. The Hall–Kier alpha value is -3.27. The van der Waals surface area contributed by atoms with Crippen molar-refractivity contribution in [3.05, 3.63) is 59.2 Å². The molecular formula is C18H19F3N6O. The summed E-state index contributed by atoms with van der Waals surface area (Å²) in [4.78, 5) is 23.9. The van der Waals surface area contributed by atoms with E-state index in [1.54, 1.807) is 19.9 Å². The van der Waals surface area contributed by atoms with Gasteiger partial charge in [-0.15, -0.1) is 0 Å². The molecule has 3 rings (SSSR count). The Bertz CT molecular complexity index is 1020. The molecule has 0 saturated carbocycles. The Morgan fingerprint density at radius 2 is 1.93 bits per heavy atom. The van der Waals surface area contributed by atoms with Crippen LogP contribution in [-0.2, 0) is 6.18 Å². The van der Waals surface area contributed by atoms with Gasteiger partial charge < -0.3 is 17.2 Å². The third-order valence-electron chi connectivity index (χ3n) is 4.01. The van der Waals surface area contributed by atoms with Crippen LogP contribution >= 0.6 is 0 Å². The average Bonchev–Trinajstić information content (AvgIpc) is 2.60. The van der Waals surface area contributed by atoms with E-state index in [9.17, 15) is 18.0 Å². The van der Waals surface area contributed by atoms with Gasteiger partial charge in [0.1, 0.15) is 17.3 Å². The number of nitrogens with zero attached hydrogens (tertiary/aromatic N) is 3. The van der Waals surface area contributed by atoms with Gasteiger partial charge in [-0.25, -0.2) is 15.0 Å². The first-order valence-electron chi connectivity index (χ1n) is 8.03. The minimum absolute atomic E-state index is 0. The molecule has 0 spiro atoms. The van der Waals surface area contributed by atoms with E-state index in [2.05, 4.69) is 20.3 Å². The average molecular weight is 392 g/mol. The molecule has 10 heteroatoms. The molecule has 0 saturated heterocycles. The first-order chi connectivity index (χ1) is 12.6.